The summed E-state index contributed by atoms with van der Waals surface area (Å²) >= 11 is 6.78. The van der Waals surface area contributed by atoms with Crippen LogP contribution in [-0.4, -0.2) is 24.3 Å². The van der Waals surface area contributed by atoms with Gasteiger partial charge >= 0.3 is 5.97 Å². The van der Waals surface area contributed by atoms with Gasteiger partial charge in [-0.2, -0.15) is 0 Å². The Morgan fingerprint density at radius 1 is 0.842 bits per heavy atom. The van der Waals surface area contributed by atoms with Crippen molar-refractivity contribution in [1.29, 1.82) is 0 Å². The second kappa shape index (κ2) is 11.0. The van der Waals surface area contributed by atoms with E-state index in [1.165, 1.54) is 7.11 Å². The lowest BCUT2D eigenvalue weighted by atomic mass is 9.84. The van der Waals surface area contributed by atoms with Crippen LogP contribution in [-0.2, 0) is 21.7 Å². The van der Waals surface area contributed by atoms with Crippen LogP contribution >= 0.6 is 11.6 Å². The lowest BCUT2D eigenvalue weighted by Crippen LogP contribution is -2.32. The SMILES string of the molecule is COC(=O)COc1ccc(C(C)(c2ccc(OCc3ccccc3)c(Cl)c2)n2ccc3ccccc32)cc1. The summed E-state index contributed by atoms with van der Waals surface area (Å²) in [6.45, 7) is 2.46. The van der Waals surface area contributed by atoms with Gasteiger partial charge in [0.15, 0.2) is 6.61 Å². The molecule has 0 amide bonds. The van der Waals surface area contributed by atoms with E-state index in [0.717, 1.165) is 27.6 Å². The Balaban J connectivity index is 1.52. The molecule has 0 bridgehead atoms. The smallest absolute Gasteiger partial charge is 0.343 e. The summed E-state index contributed by atoms with van der Waals surface area (Å²) in [5.41, 5.74) is 3.59. The molecule has 5 aromatic rings. The lowest BCUT2D eigenvalue weighted by Gasteiger charge is -2.34. The monoisotopic (exact) mass is 525 g/mol. The molecular formula is C32H28ClNO4. The molecule has 1 atom stereocenters. The van der Waals surface area contributed by atoms with E-state index in [2.05, 4.69) is 46.7 Å². The van der Waals surface area contributed by atoms with Gasteiger partial charge in [-0.15, -0.1) is 0 Å². The van der Waals surface area contributed by atoms with E-state index in [1.54, 1.807) is 0 Å². The maximum atomic E-state index is 11.5. The average molecular weight is 526 g/mol. The second-order valence-electron chi connectivity index (χ2n) is 9.13. The highest BCUT2D eigenvalue weighted by Gasteiger charge is 2.32. The number of carbonyl (C=O) groups is 1. The number of hydrogen-bond donors (Lipinski definition) is 0. The summed E-state index contributed by atoms with van der Waals surface area (Å²) < 4.78 is 18.5. The Kier molecular flexibility index (Phi) is 7.38. The zero-order chi connectivity index (χ0) is 26.5. The van der Waals surface area contributed by atoms with E-state index in [1.807, 2.05) is 78.9 Å². The van der Waals surface area contributed by atoms with Gasteiger partial charge in [0.2, 0.25) is 0 Å². The number of rotatable bonds is 9. The molecular weight excluding hydrogens is 498 g/mol. The topological polar surface area (TPSA) is 49.7 Å². The molecule has 0 radical (unpaired) electrons. The van der Waals surface area contributed by atoms with Crippen molar-refractivity contribution in [2.75, 3.05) is 13.7 Å². The molecule has 0 fully saturated rings. The van der Waals surface area contributed by atoms with Crippen molar-refractivity contribution in [2.45, 2.75) is 19.1 Å². The van der Waals surface area contributed by atoms with Gasteiger partial charge < -0.3 is 18.8 Å². The number of benzene rings is 4. The van der Waals surface area contributed by atoms with E-state index in [0.29, 0.717) is 23.1 Å². The maximum Gasteiger partial charge on any atom is 0.343 e. The van der Waals surface area contributed by atoms with Crippen LogP contribution in [0.15, 0.2) is 109 Å². The minimum atomic E-state index is -0.606. The molecule has 192 valence electrons. The number of para-hydroxylation sites is 1. The molecule has 0 N–H and O–H groups in total. The Morgan fingerprint density at radius 2 is 1.55 bits per heavy atom. The molecule has 1 heterocycles. The third-order valence-corrected chi connectivity index (χ3v) is 7.11. The van der Waals surface area contributed by atoms with Crippen molar-refractivity contribution in [3.05, 3.63) is 131 Å². The molecule has 0 spiro atoms. The van der Waals surface area contributed by atoms with Crippen molar-refractivity contribution >= 4 is 28.5 Å². The third kappa shape index (κ3) is 5.11. The number of ether oxygens (including phenoxy) is 3. The lowest BCUT2D eigenvalue weighted by molar-refractivity contribution is -0.142. The summed E-state index contributed by atoms with van der Waals surface area (Å²) in [6.07, 6.45) is 2.10. The van der Waals surface area contributed by atoms with E-state index in [4.69, 9.17) is 21.1 Å². The summed E-state index contributed by atoms with van der Waals surface area (Å²) in [5.74, 6) is 0.786. The molecule has 38 heavy (non-hydrogen) atoms. The first-order chi connectivity index (χ1) is 18.5. The van der Waals surface area contributed by atoms with Crippen LogP contribution in [0.1, 0.15) is 23.6 Å². The Morgan fingerprint density at radius 3 is 2.29 bits per heavy atom. The average Bonchev–Trinajstić information content (AvgIpc) is 3.40. The quantitative estimate of drug-likeness (QED) is 0.190. The summed E-state index contributed by atoms with van der Waals surface area (Å²) in [6, 6.07) is 34.1. The molecule has 0 aliphatic heterocycles. The highest BCUT2D eigenvalue weighted by molar-refractivity contribution is 6.32. The van der Waals surface area contributed by atoms with Gasteiger partial charge in [0.25, 0.3) is 0 Å². The first-order valence-electron chi connectivity index (χ1n) is 12.3. The molecule has 0 saturated heterocycles. The van der Waals surface area contributed by atoms with Crippen molar-refractivity contribution in [3.8, 4) is 11.5 Å². The zero-order valence-electron chi connectivity index (χ0n) is 21.3. The molecule has 0 aliphatic rings. The number of carbonyl (C=O) groups excluding carboxylic acids is 1. The van der Waals surface area contributed by atoms with E-state index in [-0.39, 0.29) is 6.61 Å². The second-order valence-corrected chi connectivity index (χ2v) is 9.53. The molecule has 0 aliphatic carbocycles. The van der Waals surface area contributed by atoms with Crippen molar-refractivity contribution < 1.29 is 19.0 Å². The maximum absolute atomic E-state index is 11.5. The highest BCUT2D eigenvalue weighted by atomic mass is 35.5. The zero-order valence-corrected chi connectivity index (χ0v) is 22.0. The minimum absolute atomic E-state index is 0.143. The molecule has 5 nitrogen and oxygen atoms in total. The molecule has 0 saturated carbocycles. The highest BCUT2D eigenvalue weighted by Crippen LogP contribution is 2.40. The number of aromatic nitrogens is 1. The summed E-state index contributed by atoms with van der Waals surface area (Å²) in [4.78, 5) is 11.5. The van der Waals surface area contributed by atoms with Crippen LogP contribution in [0.5, 0.6) is 11.5 Å². The predicted molar refractivity (Wildman–Crippen MR) is 150 cm³/mol. The number of methoxy groups -OCH3 is 1. The fraction of sp³-hybridized carbons (Fsp3) is 0.156. The fourth-order valence-corrected chi connectivity index (χ4v) is 4.89. The minimum Gasteiger partial charge on any atom is -0.487 e. The van der Waals surface area contributed by atoms with Gasteiger partial charge in [-0.1, -0.05) is 78.3 Å². The Bertz CT molecular complexity index is 1550. The number of nitrogens with zero attached hydrogens (tertiary/aromatic N) is 1. The van der Waals surface area contributed by atoms with Crippen LogP contribution in [0.2, 0.25) is 5.02 Å². The molecule has 5 rings (SSSR count). The molecule has 4 aromatic carbocycles. The van der Waals surface area contributed by atoms with E-state index < -0.39 is 11.5 Å². The first kappa shape index (κ1) is 25.4. The van der Waals surface area contributed by atoms with E-state index in [9.17, 15) is 4.79 Å². The van der Waals surface area contributed by atoms with Crippen LogP contribution in [0, 0.1) is 0 Å². The fourth-order valence-electron chi connectivity index (χ4n) is 4.65. The van der Waals surface area contributed by atoms with Crippen molar-refractivity contribution in [2.24, 2.45) is 0 Å². The van der Waals surface area contributed by atoms with Crippen LogP contribution in [0.25, 0.3) is 10.9 Å². The van der Waals surface area contributed by atoms with Gasteiger partial charge in [0, 0.05) is 11.7 Å². The van der Waals surface area contributed by atoms with Crippen molar-refractivity contribution in [1.82, 2.24) is 4.57 Å². The summed E-state index contributed by atoms with van der Waals surface area (Å²) in [7, 11) is 1.34. The normalized spacial score (nSPS) is 12.6. The predicted octanol–water partition coefficient (Wildman–Crippen LogP) is 7.24. The van der Waals surface area contributed by atoms with Gasteiger partial charge in [-0.25, -0.2) is 4.79 Å². The summed E-state index contributed by atoms with van der Waals surface area (Å²) in [5, 5.41) is 1.69. The number of hydrogen-bond acceptors (Lipinski definition) is 4. The van der Waals surface area contributed by atoms with Crippen LogP contribution in [0.3, 0.4) is 0 Å². The van der Waals surface area contributed by atoms with Gasteiger partial charge in [0.1, 0.15) is 18.1 Å². The Hall–Kier alpha value is -4.22. The number of fused-ring (bicyclic) bond motifs is 1. The van der Waals surface area contributed by atoms with Crippen LogP contribution < -0.4 is 9.47 Å². The molecule has 6 heteroatoms. The molecule has 1 aromatic heterocycles. The van der Waals surface area contributed by atoms with Gasteiger partial charge in [0.05, 0.1) is 17.7 Å². The van der Waals surface area contributed by atoms with Gasteiger partial charge in [-0.3, -0.25) is 0 Å². The first-order valence-corrected chi connectivity index (χ1v) is 12.7. The number of halogens is 1. The molecule has 1 unspecified atom stereocenters. The van der Waals surface area contributed by atoms with E-state index >= 15 is 0 Å². The van der Waals surface area contributed by atoms with Gasteiger partial charge in [-0.05, 0) is 65.4 Å². The standard InChI is InChI=1S/C32H28ClNO4/c1-32(34-19-18-24-10-6-7-11-29(24)34,25-12-15-27(16-13-25)37-22-31(35)36-2)26-14-17-30(28(33)20-26)38-21-23-8-4-3-5-9-23/h3-20H,21-22H2,1-2H3. The van der Waals surface area contributed by atoms with Crippen molar-refractivity contribution in [3.63, 3.8) is 0 Å². The number of esters is 1. The van der Waals surface area contributed by atoms with Crippen LogP contribution in [0.4, 0.5) is 0 Å². The largest absolute Gasteiger partial charge is 0.487 e. The third-order valence-electron chi connectivity index (χ3n) is 6.81. The Labute approximate surface area is 227 Å².